The van der Waals surface area contributed by atoms with Crippen molar-refractivity contribution in [3.05, 3.63) is 53.8 Å². The fourth-order valence-electron chi connectivity index (χ4n) is 2.07. The van der Waals surface area contributed by atoms with Gasteiger partial charge in [-0.2, -0.15) is 0 Å². The minimum Gasteiger partial charge on any atom is -0.431 e. The average molecular weight is 366 g/mol. The van der Waals surface area contributed by atoms with E-state index >= 15 is 0 Å². The molecule has 0 N–H and O–H groups in total. The average Bonchev–Trinajstić information content (AvgIpc) is 2.95. The molecule has 0 spiro atoms. The molecule has 0 bridgehead atoms. The summed E-state index contributed by atoms with van der Waals surface area (Å²) in [5.74, 6) is 0.1000. The van der Waals surface area contributed by atoms with Crippen LogP contribution in [0.15, 0.2) is 57.0 Å². The first-order valence-electron chi connectivity index (χ1n) is 7.07. The van der Waals surface area contributed by atoms with Gasteiger partial charge >= 0.3 is 0 Å². The maximum absolute atomic E-state index is 13.6. The topological polar surface area (TPSA) is 63.4 Å². The Labute approximate surface area is 143 Å². The molecule has 8 heteroatoms. The smallest absolute Gasteiger partial charge is 0.257 e. The van der Waals surface area contributed by atoms with Crippen molar-refractivity contribution in [1.29, 1.82) is 0 Å². The zero-order valence-electron chi connectivity index (χ0n) is 13.1. The number of oxazole rings is 1. The van der Waals surface area contributed by atoms with E-state index in [1.54, 1.807) is 24.3 Å². The van der Waals surface area contributed by atoms with Crippen molar-refractivity contribution >= 4 is 32.9 Å². The van der Waals surface area contributed by atoms with Gasteiger partial charge in [-0.1, -0.05) is 30.0 Å². The van der Waals surface area contributed by atoms with E-state index in [1.807, 2.05) is 0 Å². The highest BCUT2D eigenvalue weighted by atomic mass is 32.2. The van der Waals surface area contributed by atoms with Crippen LogP contribution in [0.25, 0.3) is 11.1 Å². The van der Waals surface area contributed by atoms with Gasteiger partial charge in [0.25, 0.3) is 5.22 Å². The number of hydrogen-bond donors (Lipinski definition) is 0. The summed E-state index contributed by atoms with van der Waals surface area (Å²) in [7, 11) is -0.584. The van der Waals surface area contributed by atoms with Crippen molar-refractivity contribution in [3.63, 3.8) is 0 Å². The Morgan fingerprint density at radius 3 is 2.67 bits per heavy atom. The molecule has 3 rings (SSSR count). The first-order chi connectivity index (χ1) is 11.4. The second kappa shape index (κ2) is 6.54. The lowest BCUT2D eigenvalue weighted by atomic mass is 10.2. The van der Waals surface area contributed by atoms with Crippen LogP contribution >= 0.6 is 11.8 Å². The number of halogens is 1. The second-order valence-electron chi connectivity index (χ2n) is 5.28. The third kappa shape index (κ3) is 3.31. The molecular formula is C16H15FN2O3S2. The minimum absolute atomic E-state index is 0.152. The van der Waals surface area contributed by atoms with E-state index in [2.05, 4.69) is 4.98 Å². The van der Waals surface area contributed by atoms with E-state index in [1.165, 1.54) is 44.1 Å². The summed E-state index contributed by atoms with van der Waals surface area (Å²) < 4.78 is 44.6. The maximum Gasteiger partial charge on any atom is 0.257 e. The van der Waals surface area contributed by atoms with E-state index in [4.69, 9.17) is 4.42 Å². The van der Waals surface area contributed by atoms with Crippen molar-refractivity contribution in [2.75, 3.05) is 14.1 Å². The summed E-state index contributed by atoms with van der Waals surface area (Å²) in [6.07, 6.45) is 0. The number of thioether (sulfide) groups is 1. The number of aromatic nitrogens is 1. The molecule has 2 aromatic carbocycles. The molecule has 5 nitrogen and oxygen atoms in total. The standard InChI is InChI=1S/C16H15FN2O3S2/c1-19(2)24(20,21)12-7-8-15-14(9-12)18-16(22-15)23-10-11-5-3-4-6-13(11)17/h3-9H,10H2,1-2H3. The first-order valence-corrected chi connectivity index (χ1v) is 9.50. The fourth-order valence-corrected chi connectivity index (χ4v) is 3.82. The van der Waals surface area contributed by atoms with Gasteiger partial charge in [0.15, 0.2) is 5.58 Å². The Hall–Kier alpha value is -1.90. The lowest BCUT2D eigenvalue weighted by molar-refractivity contribution is 0.489. The Kier molecular flexibility index (Phi) is 4.62. The number of benzene rings is 2. The van der Waals surface area contributed by atoms with Crippen molar-refractivity contribution < 1.29 is 17.2 Å². The molecule has 24 heavy (non-hydrogen) atoms. The maximum atomic E-state index is 13.6. The van der Waals surface area contributed by atoms with Crippen LogP contribution < -0.4 is 0 Å². The summed E-state index contributed by atoms with van der Waals surface area (Å²) in [6.45, 7) is 0. The molecule has 0 aliphatic carbocycles. The molecule has 0 radical (unpaired) electrons. The van der Waals surface area contributed by atoms with Crippen LogP contribution in [0.5, 0.6) is 0 Å². The van der Waals surface area contributed by atoms with E-state index in [0.717, 1.165) is 4.31 Å². The molecule has 0 unspecified atom stereocenters. The van der Waals surface area contributed by atoms with Gasteiger partial charge in [0.05, 0.1) is 4.90 Å². The summed E-state index contributed by atoms with van der Waals surface area (Å²) in [5, 5.41) is 0.368. The van der Waals surface area contributed by atoms with Crippen LogP contribution in [0.4, 0.5) is 4.39 Å². The van der Waals surface area contributed by atoms with Gasteiger partial charge in [-0.15, -0.1) is 0 Å². The monoisotopic (exact) mass is 366 g/mol. The first kappa shape index (κ1) is 16.9. The quantitative estimate of drug-likeness (QED) is 0.647. The minimum atomic E-state index is -3.52. The van der Waals surface area contributed by atoms with Crippen molar-refractivity contribution in [3.8, 4) is 0 Å². The van der Waals surface area contributed by atoms with Crippen LogP contribution in [0, 0.1) is 5.82 Å². The molecule has 0 saturated heterocycles. The molecule has 0 fully saturated rings. The number of hydrogen-bond acceptors (Lipinski definition) is 5. The molecule has 0 saturated carbocycles. The Balaban J connectivity index is 1.85. The highest BCUT2D eigenvalue weighted by Crippen LogP contribution is 2.28. The van der Waals surface area contributed by atoms with Crippen LogP contribution in [0.3, 0.4) is 0 Å². The third-order valence-corrected chi connectivity index (χ3v) is 6.11. The molecule has 126 valence electrons. The molecule has 1 aromatic heterocycles. The Morgan fingerprint density at radius 1 is 1.21 bits per heavy atom. The molecule has 0 aliphatic heterocycles. The molecule has 1 heterocycles. The summed E-state index contributed by atoms with van der Waals surface area (Å²) in [5.41, 5.74) is 1.50. The van der Waals surface area contributed by atoms with Gasteiger partial charge in [0, 0.05) is 19.8 Å². The van der Waals surface area contributed by atoms with Crippen molar-refractivity contribution in [1.82, 2.24) is 9.29 Å². The van der Waals surface area contributed by atoms with Gasteiger partial charge < -0.3 is 4.42 Å². The fraction of sp³-hybridized carbons (Fsp3) is 0.188. The molecule has 3 aromatic rings. The van der Waals surface area contributed by atoms with Gasteiger partial charge in [-0.25, -0.2) is 22.1 Å². The lowest BCUT2D eigenvalue weighted by Crippen LogP contribution is -2.22. The Bertz CT molecular complexity index is 984. The van der Waals surface area contributed by atoms with Gasteiger partial charge in [-0.05, 0) is 29.8 Å². The van der Waals surface area contributed by atoms with Gasteiger partial charge in [0.1, 0.15) is 11.3 Å². The predicted octanol–water partition coefficient (Wildman–Crippen LogP) is 3.51. The van der Waals surface area contributed by atoms with Crippen LogP contribution in [0.1, 0.15) is 5.56 Å². The zero-order valence-corrected chi connectivity index (χ0v) is 14.7. The van der Waals surface area contributed by atoms with Crippen LogP contribution in [-0.4, -0.2) is 31.8 Å². The number of nitrogens with zero attached hydrogens (tertiary/aromatic N) is 2. The van der Waals surface area contributed by atoms with Crippen LogP contribution in [-0.2, 0) is 15.8 Å². The highest BCUT2D eigenvalue weighted by molar-refractivity contribution is 7.98. The van der Waals surface area contributed by atoms with Crippen LogP contribution in [0.2, 0.25) is 0 Å². The van der Waals surface area contributed by atoms with E-state index in [-0.39, 0.29) is 10.7 Å². The number of rotatable bonds is 5. The van der Waals surface area contributed by atoms with E-state index in [9.17, 15) is 12.8 Å². The predicted molar refractivity (Wildman–Crippen MR) is 90.8 cm³/mol. The lowest BCUT2D eigenvalue weighted by Gasteiger charge is -2.10. The van der Waals surface area contributed by atoms with E-state index in [0.29, 0.717) is 27.6 Å². The molecule has 0 amide bonds. The number of sulfonamides is 1. The molecule has 0 atom stereocenters. The summed E-state index contributed by atoms with van der Waals surface area (Å²) in [4.78, 5) is 4.43. The molecular weight excluding hydrogens is 351 g/mol. The Morgan fingerprint density at radius 2 is 1.96 bits per heavy atom. The van der Waals surface area contributed by atoms with Gasteiger partial charge in [-0.3, -0.25) is 0 Å². The van der Waals surface area contributed by atoms with Gasteiger partial charge in [0.2, 0.25) is 10.0 Å². The van der Waals surface area contributed by atoms with E-state index < -0.39 is 10.0 Å². The zero-order chi connectivity index (χ0) is 17.3. The van der Waals surface area contributed by atoms with Crippen molar-refractivity contribution in [2.45, 2.75) is 15.9 Å². The highest BCUT2D eigenvalue weighted by Gasteiger charge is 2.19. The summed E-state index contributed by atoms with van der Waals surface area (Å²) >= 11 is 1.26. The third-order valence-electron chi connectivity index (χ3n) is 3.43. The summed E-state index contributed by atoms with van der Waals surface area (Å²) in [6, 6.07) is 11.0. The van der Waals surface area contributed by atoms with Crippen molar-refractivity contribution in [2.24, 2.45) is 0 Å². The SMILES string of the molecule is CN(C)S(=O)(=O)c1ccc2oc(SCc3ccccc3F)nc2c1. The normalized spacial score (nSPS) is 12.2. The second-order valence-corrected chi connectivity index (χ2v) is 8.36. The molecule has 0 aliphatic rings. The largest absolute Gasteiger partial charge is 0.431 e. The number of fused-ring (bicyclic) bond motifs is 1.